The Morgan fingerprint density at radius 3 is 2.70 bits per heavy atom. The number of nitrogens with one attached hydrogen (secondary N) is 1. The van der Waals surface area contributed by atoms with Gasteiger partial charge in [-0.2, -0.15) is 0 Å². The van der Waals surface area contributed by atoms with E-state index < -0.39 is 17.3 Å². The topological polar surface area (TPSA) is 75.1 Å². The Balaban J connectivity index is 2.64. The maximum Gasteiger partial charge on any atom is 0.331 e. The summed E-state index contributed by atoms with van der Waals surface area (Å²) in [6.07, 6.45) is 0.337. The van der Waals surface area contributed by atoms with E-state index in [1.807, 2.05) is 0 Å². The van der Waals surface area contributed by atoms with Gasteiger partial charge in [0, 0.05) is 5.02 Å². The van der Waals surface area contributed by atoms with E-state index in [1.165, 1.54) is 0 Å². The predicted octanol–water partition coefficient (Wildman–Crippen LogP) is 2.07. The number of aromatic nitrogens is 2. The first-order valence-corrected chi connectivity index (χ1v) is 6.65. The lowest BCUT2D eigenvalue weighted by molar-refractivity contribution is 0.382. The van der Waals surface area contributed by atoms with E-state index in [2.05, 4.69) is 4.98 Å². The van der Waals surface area contributed by atoms with E-state index in [4.69, 9.17) is 11.6 Å². The fraction of sp³-hybridized carbons (Fsp3) is 0.286. The molecule has 1 aromatic heterocycles. The van der Waals surface area contributed by atoms with E-state index in [0.29, 0.717) is 11.4 Å². The number of hydrogen-bond acceptors (Lipinski definition) is 3. The van der Waals surface area contributed by atoms with Crippen LogP contribution in [0.2, 0.25) is 5.02 Å². The van der Waals surface area contributed by atoms with Crippen LogP contribution >= 0.6 is 11.6 Å². The quantitative estimate of drug-likeness (QED) is 0.910. The average molecular weight is 295 g/mol. The fourth-order valence-electron chi connectivity index (χ4n) is 2.17. The lowest BCUT2D eigenvalue weighted by Crippen LogP contribution is -2.34. The summed E-state index contributed by atoms with van der Waals surface area (Å²) in [4.78, 5) is 25.8. The summed E-state index contributed by atoms with van der Waals surface area (Å²) in [7, 11) is 0. The molecule has 20 heavy (non-hydrogen) atoms. The third kappa shape index (κ3) is 2.49. The molecule has 0 fully saturated rings. The van der Waals surface area contributed by atoms with Gasteiger partial charge in [-0.1, -0.05) is 30.7 Å². The number of rotatable bonds is 3. The number of aromatic hydroxyl groups is 1. The van der Waals surface area contributed by atoms with E-state index in [0.717, 1.165) is 10.1 Å². The van der Waals surface area contributed by atoms with Crippen molar-refractivity contribution in [2.24, 2.45) is 0 Å². The van der Waals surface area contributed by atoms with E-state index in [1.54, 1.807) is 38.1 Å². The SMILES string of the molecule is CCc1c(O)n(C(C)c2cccc(Cl)c2)c(=O)[nH]c1=O. The molecule has 0 radical (unpaired) electrons. The second kappa shape index (κ2) is 5.54. The normalized spacial score (nSPS) is 12.3. The number of hydrogen-bond donors (Lipinski definition) is 2. The van der Waals surface area contributed by atoms with Crippen molar-refractivity contribution >= 4 is 11.6 Å². The smallest absolute Gasteiger partial charge is 0.331 e. The Bertz CT molecular complexity index is 749. The summed E-state index contributed by atoms with van der Waals surface area (Å²) in [6, 6.07) is 6.57. The van der Waals surface area contributed by atoms with Crippen LogP contribution in [0.15, 0.2) is 33.9 Å². The second-order valence-corrected chi connectivity index (χ2v) is 4.95. The minimum Gasteiger partial charge on any atom is -0.494 e. The molecule has 1 aromatic carbocycles. The van der Waals surface area contributed by atoms with Gasteiger partial charge in [-0.3, -0.25) is 14.3 Å². The van der Waals surface area contributed by atoms with Crippen molar-refractivity contribution in [1.29, 1.82) is 0 Å². The largest absolute Gasteiger partial charge is 0.494 e. The van der Waals surface area contributed by atoms with Gasteiger partial charge in [0.05, 0.1) is 11.6 Å². The fourth-order valence-corrected chi connectivity index (χ4v) is 2.37. The van der Waals surface area contributed by atoms with Gasteiger partial charge in [0.2, 0.25) is 5.88 Å². The summed E-state index contributed by atoms with van der Waals surface area (Å²) in [5, 5.41) is 10.7. The molecule has 6 heteroatoms. The first-order valence-electron chi connectivity index (χ1n) is 6.27. The van der Waals surface area contributed by atoms with Crippen molar-refractivity contribution in [1.82, 2.24) is 9.55 Å². The molecule has 2 N–H and O–H groups in total. The molecule has 1 heterocycles. The summed E-state index contributed by atoms with van der Waals surface area (Å²) in [5.41, 5.74) is -0.232. The lowest BCUT2D eigenvalue weighted by Gasteiger charge is -2.18. The van der Waals surface area contributed by atoms with Gasteiger partial charge in [-0.15, -0.1) is 0 Å². The number of halogens is 1. The van der Waals surface area contributed by atoms with Crippen molar-refractivity contribution in [3.63, 3.8) is 0 Å². The first-order chi connectivity index (χ1) is 9.45. The van der Waals surface area contributed by atoms with Crippen LogP contribution in [0.5, 0.6) is 5.88 Å². The van der Waals surface area contributed by atoms with Crippen molar-refractivity contribution < 1.29 is 5.11 Å². The minimum absolute atomic E-state index is 0.193. The molecule has 0 saturated carbocycles. The summed E-state index contributed by atoms with van der Waals surface area (Å²) in [5.74, 6) is -0.297. The summed E-state index contributed by atoms with van der Waals surface area (Å²) >= 11 is 5.93. The Labute approximate surface area is 120 Å². The van der Waals surface area contributed by atoms with E-state index in [9.17, 15) is 14.7 Å². The number of nitrogens with zero attached hydrogens (tertiary/aromatic N) is 1. The molecule has 1 unspecified atom stereocenters. The zero-order valence-corrected chi connectivity index (χ0v) is 11.9. The maximum absolute atomic E-state index is 11.9. The molecule has 0 aliphatic heterocycles. The average Bonchev–Trinajstić information content (AvgIpc) is 2.38. The van der Waals surface area contributed by atoms with Crippen molar-refractivity contribution in [3.8, 4) is 5.88 Å². The van der Waals surface area contributed by atoms with E-state index >= 15 is 0 Å². The van der Waals surface area contributed by atoms with Crippen molar-refractivity contribution in [2.75, 3.05) is 0 Å². The van der Waals surface area contributed by atoms with Gasteiger partial charge in [-0.25, -0.2) is 4.79 Å². The monoisotopic (exact) mass is 294 g/mol. The van der Waals surface area contributed by atoms with Crippen LogP contribution in [0.3, 0.4) is 0 Å². The maximum atomic E-state index is 11.9. The van der Waals surface area contributed by atoms with Gasteiger partial charge in [0.15, 0.2) is 0 Å². The highest BCUT2D eigenvalue weighted by atomic mass is 35.5. The molecular formula is C14H15ClN2O3. The molecule has 0 saturated heterocycles. The number of aromatic amines is 1. The lowest BCUT2D eigenvalue weighted by atomic mass is 10.1. The highest BCUT2D eigenvalue weighted by Gasteiger charge is 2.18. The summed E-state index contributed by atoms with van der Waals surface area (Å²) in [6.45, 7) is 3.49. The van der Waals surface area contributed by atoms with Gasteiger partial charge in [0.25, 0.3) is 5.56 Å². The molecule has 1 atom stereocenters. The molecule has 5 nitrogen and oxygen atoms in total. The third-order valence-electron chi connectivity index (χ3n) is 3.28. The van der Waals surface area contributed by atoms with Gasteiger partial charge in [0.1, 0.15) is 0 Å². The molecule has 0 bridgehead atoms. The van der Waals surface area contributed by atoms with Gasteiger partial charge >= 0.3 is 5.69 Å². The molecular weight excluding hydrogens is 280 g/mol. The number of H-pyrrole nitrogens is 1. The summed E-state index contributed by atoms with van der Waals surface area (Å²) < 4.78 is 1.16. The minimum atomic E-state index is -0.642. The van der Waals surface area contributed by atoms with E-state index in [-0.39, 0.29) is 11.4 Å². The van der Waals surface area contributed by atoms with Crippen LogP contribution in [0, 0.1) is 0 Å². The molecule has 0 aliphatic carbocycles. The standard InChI is InChI=1S/C14H15ClN2O3/c1-3-11-12(18)16-14(20)17(13(11)19)8(2)9-5-4-6-10(15)7-9/h4-8,19H,3H2,1-2H3,(H,16,18,20). The highest BCUT2D eigenvalue weighted by molar-refractivity contribution is 6.30. The first kappa shape index (κ1) is 14.4. The molecule has 2 rings (SSSR count). The van der Waals surface area contributed by atoms with Crippen LogP contribution in [0.4, 0.5) is 0 Å². The Morgan fingerprint density at radius 2 is 2.10 bits per heavy atom. The van der Waals surface area contributed by atoms with Crippen LogP contribution in [-0.2, 0) is 6.42 Å². The Kier molecular flexibility index (Phi) is 3.99. The van der Waals surface area contributed by atoms with Crippen LogP contribution in [-0.4, -0.2) is 14.7 Å². The highest BCUT2D eigenvalue weighted by Crippen LogP contribution is 2.24. The van der Waals surface area contributed by atoms with Crippen molar-refractivity contribution in [3.05, 3.63) is 61.3 Å². The molecule has 106 valence electrons. The van der Waals surface area contributed by atoms with Crippen molar-refractivity contribution in [2.45, 2.75) is 26.3 Å². The Morgan fingerprint density at radius 1 is 1.40 bits per heavy atom. The molecule has 2 aromatic rings. The Hall–Kier alpha value is -2.01. The van der Waals surface area contributed by atoms with Gasteiger partial charge in [-0.05, 0) is 31.0 Å². The molecule has 0 amide bonds. The van der Waals surface area contributed by atoms with Gasteiger partial charge < -0.3 is 5.11 Å². The van der Waals surface area contributed by atoms with Crippen LogP contribution < -0.4 is 11.2 Å². The molecule has 0 aliphatic rings. The molecule has 0 spiro atoms. The zero-order chi connectivity index (χ0) is 14.9. The zero-order valence-electron chi connectivity index (χ0n) is 11.2. The van der Waals surface area contributed by atoms with Crippen LogP contribution in [0.1, 0.15) is 31.0 Å². The predicted molar refractivity (Wildman–Crippen MR) is 77.6 cm³/mol. The third-order valence-corrected chi connectivity index (χ3v) is 3.52. The second-order valence-electron chi connectivity index (χ2n) is 4.52. The van der Waals surface area contributed by atoms with Crippen LogP contribution in [0.25, 0.3) is 0 Å². The number of benzene rings is 1.